The Morgan fingerprint density at radius 1 is 1.19 bits per heavy atom. The van der Waals surface area contributed by atoms with Crippen molar-refractivity contribution in [3.8, 4) is 0 Å². The number of carbonyl (C=O) groups excluding carboxylic acids is 2. The predicted octanol–water partition coefficient (Wildman–Crippen LogP) is 0.955. The molecule has 7 heteroatoms. The molecule has 2 aliphatic rings. The van der Waals surface area contributed by atoms with Gasteiger partial charge in [-0.25, -0.2) is 0 Å². The van der Waals surface area contributed by atoms with Crippen molar-refractivity contribution in [2.45, 2.75) is 63.2 Å². The molecule has 1 aromatic heterocycles. The van der Waals surface area contributed by atoms with E-state index >= 15 is 0 Å². The maximum Gasteiger partial charge on any atom is 0.224 e. The van der Waals surface area contributed by atoms with Crippen molar-refractivity contribution in [2.75, 3.05) is 13.2 Å². The van der Waals surface area contributed by atoms with E-state index in [2.05, 4.69) is 15.6 Å². The van der Waals surface area contributed by atoms with Crippen molar-refractivity contribution in [1.82, 2.24) is 15.6 Å². The molecule has 0 spiro atoms. The zero-order chi connectivity index (χ0) is 19.1. The second kappa shape index (κ2) is 9.80. The van der Waals surface area contributed by atoms with Gasteiger partial charge in [0.15, 0.2) is 0 Å². The Balaban J connectivity index is 1.36. The third-order valence-electron chi connectivity index (χ3n) is 5.50. The minimum Gasteiger partial charge on any atom is -0.394 e. The fourth-order valence-corrected chi connectivity index (χ4v) is 3.60. The molecule has 2 fully saturated rings. The van der Waals surface area contributed by atoms with E-state index in [1.54, 1.807) is 12.4 Å². The summed E-state index contributed by atoms with van der Waals surface area (Å²) in [4.78, 5) is 28.1. The third kappa shape index (κ3) is 5.74. The van der Waals surface area contributed by atoms with Crippen LogP contribution in [-0.4, -0.2) is 53.3 Å². The van der Waals surface area contributed by atoms with Crippen molar-refractivity contribution in [3.05, 3.63) is 30.1 Å². The molecule has 1 saturated carbocycles. The molecule has 3 atom stereocenters. The number of carbonyl (C=O) groups is 2. The molecule has 27 heavy (non-hydrogen) atoms. The number of rotatable bonds is 8. The van der Waals surface area contributed by atoms with Gasteiger partial charge in [0.05, 0.1) is 25.2 Å². The Bertz CT molecular complexity index is 621. The van der Waals surface area contributed by atoms with E-state index in [4.69, 9.17) is 4.74 Å². The number of nitrogens with one attached hydrogen (secondary N) is 2. The van der Waals surface area contributed by atoms with Gasteiger partial charge in [-0.3, -0.25) is 14.6 Å². The van der Waals surface area contributed by atoms with Crippen molar-refractivity contribution in [3.63, 3.8) is 0 Å². The summed E-state index contributed by atoms with van der Waals surface area (Å²) in [6, 6.07) is 3.53. The molecule has 1 aliphatic carbocycles. The lowest BCUT2D eigenvalue weighted by molar-refractivity contribution is -0.134. The molecule has 0 radical (unpaired) electrons. The number of hydrogen-bond donors (Lipinski definition) is 3. The number of pyridine rings is 1. The van der Waals surface area contributed by atoms with Gasteiger partial charge in [-0.05, 0) is 49.8 Å². The number of aliphatic hydroxyl groups excluding tert-OH is 1. The Morgan fingerprint density at radius 2 is 1.96 bits per heavy atom. The Labute approximate surface area is 159 Å². The van der Waals surface area contributed by atoms with E-state index in [9.17, 15) is 14.7 Å². The fraction of sp³-hybridized carbons (Fsp3) is 0.650. The zero-order valence-corrected chi connectivity index (χ0v) is 15.6. The second-order valence-corrected chi connectivity index (χ2v) is 7.47. The quantitative estimate of drug-likeness (QED) is 0.628. The molecule has 1 saturated heterocycles. The van der Waals surface area contributed by atoms with Gasteiger partial charge in [-0.1, -0.05) is 6.42 Å². The number of aliphatic hydroxyl groups is 1. The zero-order valence-electron chi connectivity index (χ0n) is 15.6. The topological polar surface area (TPSA) is 101 Å². The maximum absolute atomic E-state index is 12.1. The van der Waals surface area contributed by atoms with E-state index in [-0.39, 0.29) is 42.6 Å². The highest BCUT2D eigenvalue weighted by Crippen LogP contribution is 2.28. The van der Waals surface area contributed by atoms with Gasteiger partial charge < -0.3 is 20.5 Å². The molecule has 148 valence electrons. The Morgan fingerprint density at radius 3 is 2.63 bits per heavy atom. The molecular formula is C20H29N3O4. The standard InChI is InChI=1S/C20H29N3O4/c24-13-18-17(23-20(26)15-2-1-3-15)5-4-16(27-18)8-11-22-19(25)12-14-6-9-21-10-7-14/h6-7,9-10,15-18,24H,1-5,8,11-13H2,(H,22,25)(H,23,26)/t16-,17+,18+/m0/s1. The molecule has 3 rings (SSSR count). The van der Waals surface area contributed by atoms with Gasteiger partial charge in [-0.15, -0.1) is 0 Å². The van der Waals surface area contributed by atoms with Crippen LogP contribution in [0.5, 0.6) is 0 Å². The second-order valence-electron chi connectivity index (χ2n) is 7.47. The van der Waals surface area contributed by atoms with Gasteiger partial charge in [0.25, 0.3) is 0 Å². The van der Waals surface area contributed by atoms with Gasteiger partial charge in [0.1, 0.15) is 6.10 Å². The average Bonchev–Trinajstić information content (AvgIpc) is 2.62. The minimum atomic E-state index is -0.375. The van der Waals surface area contributed by atoms with Crippen LogP contribution in [0.15, 0.2) is 24.5 Å². The van der Waals surface area contributed by atoms with Crippen LogP contribution in [0, 0.1) is 5.92 Å². The van der Waals surface area contributed by atoms with Crippen molar-refractivity contribution >= 4 is 11.8 Å². The van der Waals surface area contributed by atoms with Gasteiger partial charge in [-0.2, -0.15) is 0 Å². The fourth-order valence-electron chi connectivity index (χ4n) is 3.60. The number of hydrogen-bond acceptors (Lipinski definition) is 5. The molecule has 7 nitrogen and oxygen atoms in total. The number of ether oxygens (including phenoxy) is 1. The van der Waals surface area contributed by atoms with Crippen LogP contribution in [0.3, 0.4) is 0 Å². The number of amides is 2. The normalized spacial score (nSPS) is 25.4. The molecule has 2 heterocycles. The first kappa shape index (κ1) is 19.8. The van der Waals surface area contributed by atoms with Gasteiger partial charge in [0, 0.05) is 24.9 Å². The molecule has 3 N–H and O–H groups in total. The van der Waals surface area contributed by atoms with Crippen LogP contribution >= 0.6 is 0 Å². The summed E-state index contributed by atoms with van der Waals surface area (Å²) < 4.78 is 5.96. The average molecular weight is 375 g/mol. The lowest BCUT2D eigenvalue weighted by Crippen LogP contribution is -2.53. The lowest BCUT2D eigenvalue weighted by Gasteiger charge is -2.37. The largest absolute Gasteiger partial charge is 0.394 e. The molecule has 2 amide bonds. The predicted molar refractivity (Wildman–Crippen MR) is 99.8 cm³/mol. The van der Waals surface area contributed by atoms with E-state index in [0.29, 0.717) is 19.4 Å². The van der Waals surface area contributed by atoms with Gasteiger partial charge in [0.2, 0.25) is 11.8 Å². The number of aromatic nitrogens is 1. The summed E-state index contributed by atoms with van der Waals surface area (Å²) in [7, 11) is 0. The van der Waals surface area contributed by atoms with Gasteiger partial charge >= 0.3 is 0 Å². The Kier molecular flexibility index (Phi) is 7.18. The molecule has 0 aromatic carbocycles. The summed E-state index contributed by atoms with van der Waals surface area (Å²) in [5.41, 5.74) is 0.932. The molecular weight excluding hydrogens is 346 g/mol. The van der Waals surface area contributed by atoms with E-state index in [1.165, 1.54) is 0 Å². The monoisotopic (exact) mass is 375 g/mol. The lowest BCUT2D eigenvalue weighted by atomic mass is 9.84. The summed E-state index contributed by atoms with van der Waals surface area (Å²) in [6.45, 7) is 0.423. The number of nitrogens with zero attached hydrogens (tertiary/aromatic N) is 1. The maximum atomic E-state index is 12.1. The van der Waals surface area contributed by atoms with Crippen molar-refractivity contribution in [1.29, 1.82) is 0 Å². The van der Waals surface area contributed by atoms with Crippen LogP contribution in [0.25, 0.3) is 0 Å². The van der Waals surface area contributed by atoms with E-state index in [0.717, 1.165) is 37.7 Å². The summed E-state index contributed by atoms with van der Waals surface area (Å²) in [6.07, 6.45) is 8.64. The highest BCUT2D eigenvalue weighted by molar-refractivity contribution is 5.79. The highest BCUT2D eigenvalue weighted by Gasteiger charge is 2.34. The highest BCUT2D eigenvalue weighted by atomic mass is 16.5. The third-order valence-corrected chi connectivity index (χ3v) is 5.50. The van der Waals surface area contributed by atoms with Crippen molar-refractivity contribution in [2.24, 2.45) is 5.92 Å². The van der Waals surface area contributed by atoms with E-state index < -0.39 is 0 Å². The minimum absolute atomic E-state index is 0.0137. The van der Waals surface area contributed by atoms with Crippen LogP contribution in [-0.2, 0) is 20.7 Å². The van der Waals surface area contributed by atoms with Crippen LogP contribution in [0.2, 0.25) is 0 Å². The molecule has 1 aliphatic heterocycles. The Hall–Kier alpha value is -1.99. The van der Waals surface area contributed by atoms with Crippen LogP contribution in [0.4, 0.5) is 0 Å². The molecule has 0 unspecified atom stereocenters. The summed E-state index contributed by atoms with van der Waals surface area (Å²) in [5, 5.41) is 15.6. The SMILES string of the molecule is O=C(Cc1ccncc1)NCC[C@@H]1CC[C@@H](NC(=O)C2CCC2)[C@@H](CO)O1. The summed E-state index contributed by atoms with van der Waals surface area (Å²) in [5.74, 6) is 0.203. The molecule has 0 bridgehead atoms. The molecule has 1 aromatic rings. The van der Waals surface area contributed by atoms with Crippen LogP contribution < -0.4 is 10.6 Å². The summed E-state index contributed by atoms with van der Waals surface area (Å²) >= 11 is 0. The first-order valence-corrected chi connectivity index (χ1v) is 9.88. The first-order valence-electron chi connectivity index (χ1n) is 9.88. The first-order chi connectivity index (χ1) is 13.2. The van der Waals surface area contributed by atoms with Crippen LogP contribution in [0.1, 0.15) is 44.1 Å². The smallest absolute Gasteiger partial charge is 0.224 e. The van der Waals surface area contributed by atoms with E-state index in [1.807, 2.05) is 12.1 Å². The van der Waals surface area contributed by atoms with Crippen molar-refractivity contribution < 1.29 is 19.4 Å².